The molecule has 16 heavy (non-hydrogen) atoms. The van der Waals surface area contributed by atoms with Crippen molar-refractivity contribution in [3.63, 3.8) is 0 Å². The number of amides is 1. The second-order valence-electron chi connectivity index (χ2n) is 2.91. The van der Waals surface area contributed by atoms with Gasteiger partial charge in [0.25, 0.3) is 0 Å². The molecule has 0 radical (unpaired) electrons. The Morgan fingerprint density at radius 2 is 2.25 bits per heavy atom. The summed E-state index contributed by atoms with van der Waals surface area (Å²) in [6.45, 7) is 1.58. The van der Waals surface area contributed by atoms with E-state index in [1.54, 1.807) is 0 Å². The molecule has 0 atom stereocenters. The van der Waals surface area contributed by atoms with Crippen molar-refractivity contribution in [3.8, 4) is 0 Å². The molecule has 1 amide bonds. The second-order valence-corrected chi connectivity index (χ2v) is 3.18. The van der Waals surface area contributed by atoms with Crippen LogP contribution in [0.5, 0.6) is 0 Å². The van der Waals surface area contributed by atoms with Crippen molar-refractivity contribution < 1.29 is 18.0 Å². The molecular weight excluding hydrogens is 247 g/mol. The molecule has 4 nitrogen and oxygen atoms in total. The van der Waals surface area contributed by atoms with Crippen LogP contribution in [0.15, 0.2) is 6.07 Å². The lowest BCUT2D eigenvalue weighted by Gasteiger charge is -2.06. The second kappa shape index (κ2) is 4.73. The number of anilines is 1. The zero-order valence-electron chi connectivity index (χ0n) is 8.31. The van der Waals surface area contributed by atoms with E-state index in [1.807, 2.05) is 0 Å². The molecule has 0 saturated heterocycles. The molecule has 0 bridgehead atoms. The minimum atomic E-state index is -4.49. The van der Waals surface area contributed by atoms with Crippen LogP contribution in [0.25, 0.3) is 0 Å². The lowest BCUT2D eigenvalue weighted by molar-refractivity contribution is -0.144. The average Bonchev–Trinajstić information content (AvgIpc) is 2.60. The van der Waals surface area contributed by atoms with E-state index >= 15 is 0 Å². The van der Waals surface area contributed by atoms with Crippen LogP contribution in [-0.4, -0.2) is 21.6 Å². The number of hydrogen-bond donors (Lipinski definition) is 1. The molecule has 1 aromatic rings. The van der Waals surface area contributed by atoms with Gasteiger partial charge in [-0.25, -0.2) is 0 Å². The van der Waals surface area contributed by atoms with Crippen LogP contribution in [-0.2, 0) is 17.5 Å². The van der Waals surface area contributed by atoms with E-state index < -0.39 is 17.8 Å². The summed E-state index contributed by atoms with van der Waals surface area (Å²) >= 11 is 5.20. The first-order chi connectivity index (χ1) is 7.38. The number of nitrogens with one attached hydrogen (secondary N) is 1. The first-order valence-corrected chi connectivity index (χ1v) is 4.92. The number of carbonyl (C=O) groups excluding carboxylic acids is 1. The summed E-state index contributed by atoms with van der Waals surface area (Å²) in [7, 11) is 0. The highest BCUT2D eigenvalue weighted by Gasteiger charge is 2.35. The van der Waals surface area contributed by atoms with Gasteiger partial charge in [-0.3, -0.25) is 9.48 Å². The molecule has 1 rings (SSSR count). The van der Waals surface area contributed by atoms with E-state index in [9.17, 15) is 18.0 Å². The third kappa shape index (κ3) is 2.88. The Kier molecular flexibility index (Phi) is 3.79. The Morgan fingerprint density at radius 3 is 2.62 bits per heavy atom. The van der Waals surface area contributed by atoms with Gasteiger partial charge in [-0.1, -0.05) is 0 Å². The summed E-state index contributed by atoms with van der Waals surface area (Å²) in [5.74, 6) is -1.09. The maximum absolute atomic E-state index is 12.5. The van der Waals surface area contributed by atoms with Gasteiger partial charge in [0.15, 0.2) is 5.82 Å². The molecule has 0 aliphatic heterocycles. The number of aryl methyl sites for hydroxylation is 1. The molecule has 8 heteroatoms. The number of hydrogen-bond acceptors (Lipinski definition) is 2. The van der Waals surface area contributed by atoms with Gasteiger partial charge in [0.05, 0.1) is 0 Å². The van der Waals surface area contributed by atoms with Crippen LogP contribution in [0.4, 0.5) is 19.0 Å². The van der Waals surface area contributed by atoms with Crippen LogP contribution in [0.2, 0.25) is 0 Å². The first kappa shape index (κ1) is 12.8. The van der Waals surface area contributed by atoms with Gasteiger partial charge in [-0.2, -0.15) is 18.3 Å². The van der Waals surface area contributed by atoms with Crippen LogP contribution in [0, 0.1) is 0 Å². The Morgan fingerprint density at radius 1 is 1.62 bits per heavy atom. The monoisotopic (exact) mass is 255 g/mol. The zero-order valence-corrected chi connectivity index (χ0v) is 9.06. The predicted octanol–water partition coefficient (Wildman–Crippen LogP) is 2.10. The Balaban J connectivity index is 2.99. The molecule has 1 heterocycles. The third-order valence-electron chi connectivity index (χ3n) is 1.76. The highest BCUT2D eigenvalue weighted by molar-refractivity contribution is 6.28. The standard InChI is InChI=1S/C8H9ClF3N3O/c1-2-15-5(8(10,11)12)3-6(14-15)13-7(16)4-9/h3H,2,4H2,1H3,(H,13,14,16). The lowest BCUT2D eigenvalue weighted by atomic mass is 10.4. The summed E-state index contributed by atoms with van der Waals surface area (Å²) in [6.07, 6.45) is -4.49. The topological polar surface area (TPSA) is 46.9 Å². The quantitative estimate of drug-likeness (QED) is 0.841. The molecule has 0 fully saturated rings. The van der Waals surface area contributed by atoms with Crippen LogP contribution in [0.1, 0.15) is 12.6 Å². The summed E-state index contributed by atoms with van der Waals surface area (Å²) in [4.78, 5) is 10.9. The van der Waals surface area contributed by atoms with E-state index in [2.05, 4.69) is 10.4 Å². The SMILES string of the molecule is CCn1nc(NC(=O)CCl)cc1C(F)(F)F. The third-order valence-corrected chi connectivity index (χ3v) is 2.00. The summed E-state index contributed by atoms with van der Waals surface area (Å²) in [5.41, 5.74) is -0.903. The Bertz CT molecular complexity index is 388. The van der Waals surface area contributed by atoms with Gasteiger partial charge in [0, 0.05) is 12.6 Å². The molecule has 0 aliphatic carbocycles. The van der Waals surface area contributed by atoms with Crippen LogP contribution < -0.4 is 5.32 Å². The van der Waals surface area contributed by atoms with Crippen molar-refractivity contribution in [2.24, 2.45) is 0 Å². The molecule has 0 unspecified atom stereocenters. The Hall–Kier alpha value is -1.24. The van der Waals surface area contributed by atoms with Crippen molar-refractivity contribution in [3.05, 3.63) is 11.8 Å². The molecule has 90 valence electrons. The number of halogens is 4. The average molecular weight is 256 g/mol. The van der Waals surface area contributed by atoms with Gasteiger partial charge in [0.1, 0.15) is 11.6 Å². The van der Waals surface area contributed by atoms with Crippen molar-refractivity contribution in [1.29, 1.82) is 0 Å². The predicted molar refractivity (Wildman–Crippen MR) is 52.3 cm³/mol. The number of nitrogens with zero attached hydrogens (tertiary/aromatic N) is 2. The minimum Gasteiger partial charge on any atom is -0.308 e. The van der Waals surface area contributed by atoms with Gasteiger partial charge in [-0.15, -0.1) is 11.6 Å². The smallest absolute Gasteiger partial charge is 0.308 e. The van der Waals surface area contributed by atoms with Gasteiger partial charge >= 0.3 is 6.18 Å². The summed E-state index contributed by atoms with van der Waals surface area (Å²) in [5, 5.41) is 5.75. The van der Waals surface area contributed by atoms with E-state index in [0.717, 1.165) is 10.7 Å². The fourth-order valence-electron chi connectivity index (χ4n) is 1.12. The molecule has 0 aromatic carbocycles. The molecule has 0 spiro atoms. The highest BCUT2D eigenvalue weighted by atomic mass is 35.5. The van der Waals surface area contributed by atoms with Crippen molar-refractivity contribution >= 4 is 23.3 Å². The molecular formula is C8H9ClF3N3O. The summed E-state index contributed by atoms with van der Waals surface area (Å²) in [6, 6.07) is 0.772. The van der Waals surface area contributed by atoms with E-state index in [-0.39, 0.29) is 18.2 Å². The maximum Gasteiger partial charge on any atom is 0.433 e. The fraction of sp³-hybridized carbons (Fsp3) is 0.500. The van der Waals surface area contributed by atoms with Crippen molar-refractivity contribution in [2.75, 3.05) is 11.2 Å². The summed E-state index contributed by atoms with van der Waals surface area (Å²) < 4.78 is 38.2. The normalized spacial score (nSPS) is 11.6. The van der Waals surface area contributed by atoms with Crippen molar-refractivity contribution in [1.82, 2.24) is 9.78 Å². The minimum absolute atomic E-state index is 0.0611. The van der Waals surface area contributed by atoms with Gasteiger partial charge in [0.2, 0.25) is 5.91 Å². The highest BCUT2D eigenvalue weighted by Crippen LogP contribution is 2.30. The van der Waals surface area contributed by atoms with E-state index in [4.69, 9.17) is 11.6 Å². The zero-order chi connectivity index (χ0) is 12.3. The molecule has 1 N–H and O–H groups in total. The van der Waals surface area contributed by atoms with Crippen LogP contribution >= 0.6 is 11.6 Å². The Labute approximate surface area is 94.4 Å². The first-order valence-electron chi connectivity index (χ1n) is 4.39. The number of alkyl halides is 4. The largest absolute Gasteiger partial charge is 0.433 e. The molecule has 0 aliphatic rings. The van der Waals surface area contributed by atoms with Gasteiger partial charge < -0.3 is 5.32 Å². The van der Waals surface area contributed by atoms with Crippen LogP contribution in [0.3, 0.4) is 0 Å². The number of aromatic nitrogens is 2. The van der Waals surface area contributed by atoms with Crippen molar-refractivity contribution in [2.45, 2.75) is 19.6 Å². The van der Waals surface area contributed by atoms with E-state index in [1.165, 1.54) is 6.92 Å². The molecule has 0 saturated carbocycles. The molecule has 1 aromatic heterocycles. The maximum atomic E-state index is 12.5. The van der Waals surface area contributed by atoms with E-state index in [0.29, 0.717) is 0 Å². The fourth-order valence-corrected chi connectivity index (χ4v) is 1.19. The van der Waals surface area contributed by atoms with Gasteiger partial charge in [-0.05, 0) is 6.92 Å². The lowest BCUT2D eigenvalue weighted by Crippen LogP contribution is -2.14. The number of carbonyl (C=O) groups is 1. The number of rotatable bonds is 3.